The fourth-order valence-corrected chi connectivity index (χ4v) is 1.56. The second kappa shape index (κ2) is 5.96. The highest BCUT2D eigenvalue weighted by Gasteiger charge is 2.30. The Kier molecular flexibility index (Phi) is 4.89. The summed E-state index contributed by atoms with van der Waals surface area (Å²) in [5, 5.41) is 0. The summed E-state index contributed by atoms with van der Waals surface area (Å²) in [6, 6.07) is 0. The first-order chi connectivity index (χ1) is 7.52. The van der Waals surface area contributed by atoms with Crippen molar-refractivity contribution in [2.24, 2.45) is 0 Å². The molecule has 0 aliphatic carbocycles. The fourth-order valence-electron chi connectivity index (χ4n) is 1.56. The summed E-state index contributed by atoms with van der Waals surface area (Å²) < 4.78 is 15.4. The monoisotopic (exact) mass is 230 g/mol. The molecule has 0 bridgehead atoms. The SMILES string of the molecule is CC(=O)OCC(=O)CCCC1(C)OCCO1. The second-order valence-corrected chi connectivity index (χ2v) is 4.00. The van der Waals surface area contributed by atoms with Gasteiger partial charge < -0.3 is 14.2 Å². The molecule has 1 rings (SSSR count). The van der Waals surface area contributed by atoms with E-state index in [9.17, 15) is 9.59 Å². The standard InChI is InChI=1S/C11H18O5/c1-9(12)14-8-10(13)4-3-5-11(2)15-6-7-16-11/h3-8H2,1-2H3. The zero-order chi connectivity index (χ0) is 12.0. The first-order valence-electron chi connectivity index (χ1n) is 5.45. The molecular formula is C11H18O5. The summed E-state index contributed by atoms with van der Waals surface area (Å²) in [5.74, 6) is -1.04. The van der Waals surface area contributed by atoms with Crippen LogP contribution < -0.4 is 0 Å². The molecule has 1 saturated heterocycles. The van der Waals surface area contributed by atoms with Crippen molar-refractivity contribution in [3.63, 3.8) is 0 Å². The van der Waals surface area contributed by atoms with Crippen LogP contribution in [0.1, 0.15) is 33.1 Å². The molecule has 0 spiro atoms. The molecule has 0 aromatic heterocycles. The summed E-state index contributed by atoms with van der Waals surface area (Å²) >= 11 is 0. The number of carbonyl (C=O) groups is 2. The van der Waals surface area contributed by atoms with Gasteiger partial charge in [-0.15, -0.1) is 0 Å². The Bertz CT molecular complexity index is 255. The molecule has 0 atom stereocenters. The lowest BCUT2D eigenvalue weighted by Crippen LogP contribution is -2.25. The first kappa shape index (κ1) is 13.1. The van der Waals surface area contributed by atoms with Crippen molar-refractivity contribution in [1.82, 2.24) is 0 Å². The molecule has 5 nitrogen and oxygen atoms in total. The van der Waals surface area contributed by atoms with Gasteiger partial charge in [0, 0.05) is 19.8 Å². The van der Waals surface area contributed by atoms with E-state index in [1.54, 1.807) is 0 Å². The van der Waals surface area contributed by atoms with Crippen LogP contribution in [-0.2, 0) is 23.8 Å². The maximum Gasteiger partial charge on any atom is 0.303 e. The van der Waals surface area contributed by atoms with Crippen LogP contribution in [0.3, 0.4) is 0 Å². The van der Waals surface area contributed by atoms with Crippen molar-refractivity contribution in [2.75, 3.05) is 19.8 Å². The van der Waals surface area contributed by atoms with Gasteiger partial charge in [-0.3, -0.25) is 9.59 Å². The molecule has 0 amide bonds. The van der Waals surface area contributed by atoms with Gasteiger partial charge in [0.05, 0.1) is 13.2 Å². The van der Waals surface area contributed by atoms with E-state index in [2.05, 4.69) is 4.74 Å². The van der Waals surface area contributed by atoms with Crippen LogP contribution >= 0.6 is 0 Å². The minimum Gasteiger partial charge on any atom is -0.458 e. The van der Waals surface area contributed by atoms with E-state index in [4.69, 9.17) is 9.47 Å². The van der Waals surface area contributed by atoms with Crippen LogP contribution in [0, 0.1) is 0 Å². The number of hydrogen-bond acceptors (Lipinski definition) is 5. The fraction of sp³-hybridized carbons (Fsp3) is 0.818. The molecule has 0 unspecified atom stereocenters. The molecule has 0 saturated carbocycles. The van der Waals surface area contributed by atoms with Crippen molar-refractivity contribution in [3.8, 4) is 0 Å². The number of rotatable bonds is 6. The molecule has 0 radical (unpaired) electrons. The predicted octanol–water partition coefficient (Wildman–Crippen LogP) is 1.05. The minimum atomic E-state index is -0.540. The number of ether oxygens (including phenoxy) is 3. The van der Waals surface area contributed by atoms with Gasteiger partial charge in [0.2, 0.25) is 0 Å². The maximum absolute atomic E-state index is 11.3. The van der Waals surface area contributed by atoms with E-state index in [-0.39, 0.29) is 12.4 Å². The highest BCUT2D eigenvalue weighted by molar-refractivity contribution is 5.81. The van der Waals surface area contributed by atoms with Crippen LogP contribution in [0.5, 0.6) is 0 Å². The van der Waals surface area contributed by atoms with Crippen molar-refractivity contribution < 1.29 is 23.8 Å². The largest absolute Gasteiger partial charge is 0.458 e. The average Bonchev–Trinajstić information content (AvgIpc) is 2.62. The Morgan fingerprint density at radius 2 is 1.94 bits per heavy atom. The van der Waals surface area contributed by atoms with E-state index >= 15 is 0 Å². The summed E-state index contributed by atoms with van der Waals surface area (Å²) in [7, 11) is 0. The Hall–Kier alpha value is -0.940. The zero-order valence-corrected chi connectivity index (χ0v) is 9.78. The smallest absolute Gasteiger partial charge is 0.303 e. The van der Waals surface area contributed by atoms with Gasteiger partial charge in [-0.2, -0.15) is 0 Å². The van der Waals surface area contributed by atoms with Gasteiger partial charge in [0.1, 0.15) is 6.61 Å². The third-order valence-corrected chi connectivity index (χ3v) is 2.42. The molecular weight excluding hydrogens is 212 g/mol. The van der Waals surface area contributed by atoms with Crippen molar-refractivity contribution in [3.05, 3.63) is 0 Å². The molecule has 1 fully saturated rings. The lowest BCUT2D eigenvalue weighted by atomic mass is 10.1. The van der Waals surface area contributed by atoms with Crippen LogP contribution in [0.4, 0.5) is 0 Å². The normalized spacial score (nSPS) is 18.4. The molecule has 92 valence electrons. The molecule has 5 heteroatoms. The Morgan fingerprint density at radius 3 is 2.50 bits per heavy atom. The van der Waals surface area contributed by atoms with E-state index < -0.39 is 11.8 Å². The van der Waals surface area contributed by atoms with Crippen LogP contribution in [-0.4, -0.2) is 37.4 Å². The molecule has 0 N–H and O–H groups in total. The lowest BCUT2D eigenvalue weighted by molar-refractivity contribution is -0.150. The Morgan fingerprint density at radius 1 is 1.31 bits per heavy atom. The van der Waals surface area contributed by atoms with Crippen molar-refractivity contribution in [1.29, 1.82) is 0 Å². The summed E-state index contributed by atoms with van der Waals surface area (Å²) in [4.78, 5) is 21.7. The van der Waals surface area contributed by atoms with Crippen molar-refractivity contribution >= 4 is 11.8 Å². The number of esters is 1. The second-order valence-electron chi connectivity index (χ2n) is 4.00. The average molecular weight is 230 g/mol. The van der Waals surface area contributed by atoms with E-state index in [0.717, 1.165) is 0 Å². The van der Waals surface area contributed by atoms with Gasteiger partial charge in [-0.1, -0.05) is 0 Å². The molecule has 1 aliphatic rings. The number of hydrogen-bond donors (Lipinski definition) is 0. The lowest BCUT2D eigenvalue weighted by Gasteiger charge is -2.21. The molecule has 1 heterocycles. The molecule has 1 aliphatic heterocycles. The summed E-state index contributed by atoms with van der Waals surface area (Å²) in [6.45, 7) is 4.24. The van der Waals surface area contributed by atoms with Gasteiger partial charge in [0.15, 0.2) is 11.6 Å². The number of ketones is 1. The van der Waals surface area contributed by atoms with Gasteiger partial charge in [-0.05, 0) is 13.3 Å². The van der Waals surface area contributed by atoms with Gasteiger partial charge in [0.25, 0.3) is 0 Å². The summed E-state index contributed by atoms with van der Waals surface area (Å²) in [5.41, 5.74) is 0. The van der Waals surface area contributed by atoms with Gasteiger partial charge >= 0.3 is 5.97 Å². The Labute approximate surface area is 95.0 Å². The quantitative estimate of drug-likeness (QED) is 0.638. The third kappa shape index (κ3) is 4.72. The Balaban J connectivity index is 2.10. The van der Waals surface area contributed by atoms with Crippen LogP contribution in [0.15, 0.2) is 0 Å². The topological polar surface area (TPSA) is 61.8 Å². The third-order valence-electron chi connectivity index (χ3n) is 2.42. The molecule has 0 aromatic carbocycles. The highest BCUT2D eigenvalue weighted by atomic mass is 16.7. The van der Waals surface area contributed by atoms with Crippen molar-refractivity contribution in [2.45, 2.75) is 38.9 Å². The van der Waals surface area contributed by atoms with Crippen LogP contribution in [0.25, 0.3) is 0 Å². The maximum atomic E-state index is 11.3. The number of Topliss-reactive ketones (excluding diaryl/α,β-unsaturated/α-hetero) is 1. The van der Waals surface area contributed by atoms with E-state index in [1.807, 2.05) is 6.92 Å². The molecule has 0 aromatic rings. The first-order valence-corrected chi connectivity index (χ1v) is 5.45. The molecule has 16 heavy (non-hydrogen) atoms. The minimum absolute atomic E-state index is 0.0724. The highest BCUT2D eigenvalue weighted by Crippen LogP contribution is 2.24. The zero-order valence-electron chi connectivity index (χ0n) is 9.78. The number of carbonyl (C=O) groups excluding carboxylic acids is 2. The summed E-state index contributed by atoms with van der Waals surface area (Å²) in [6.07, 6.45) is 1.74. The van der Waals surface area contributed by atoms with Crippen LogP contribution in [0.2, 0.25) is 0 Å². The van der Waals surface area contributed by atoms with E-state index in [1.165, 1.54) is 6.92 Å². The van der Waals surface area contributed by atoms with Gasteiger partial charge in [-0.25, -0.2) is 0 Å². The predicted molar refractivity (Wildman–Crippen MR) is 55.8 cm³/mol. The van der Waals surface area contributed by atoms with E-state index in [0.29, 0.717) is 32.5 Å².